The smallest absolute Gasteiger partial charge is 0.243 e. The predicted octanol–water partition coefficient (Wildman–Crippen LogP) is 1.75. The quantitative estimate of drug-likeness (QED) is 0.756. The molecule has 0 aromatic carbocycles. The van der Waals surface area contributed by atoms with Crippen molar-refractivity contribution >= 4 is 0 Å². The number of aryl methyl sites for hydroxylation is 1. The molecule has 2 unspecified atom stereocenters. The zero-order chi connectivity index (χ0) is 16.7. The van der Waals surface area contributed by atoms with Crippen LogP contribution in [0.25, 0.3) is 0 Å². The first-order valence-electron chi connectivity index (χ1n) is 8.23. The SMILES string of the molecule is CCc1noc(C(C)N2CCN(CC(C#N)CCC#N)CC2)n1. The standard InChI is InChI=1S/C16H24N6O/c1-3-15-19-16(23-20-15)13(2)22-9-7-21(8-10-22)12-14(11-18)5-4-6-17/h13-14H,3-5,7-10,12H2,1-2H3. The highest BCUT2D eigenvalue weighted by molar-refractivity contribution is 4.94. The van der Waals surface area contributed by atoms with E-state index in [-0.39, 0.29) is 12.0 Å². The average molecular weight is 316 g/mol. The van der Waals surface area contributed by atoms with Crippen LogP contribution in [0.2, 0.25) is 0 Å². The van der Waals surface area contributed by atoms with Gasteiger partial charge in [0.1, 0.15) is 0 Å². The van der Waals surface area contributed by atoms with E-state index >= 15 is 0 Å². The van der Waals surface area contributed by atoms with Crippen LogP contribution in [0.4, 0.5) is 0 Å². The summed E-state index contributed by atoms with van der Waals surface area (Å²) >= 11 is 0. The maximum atomic E-state index is 9.17. The van der Waals surface area contributed by atoms with Crippen LogP contribution in [-0.4, -0.2) is 52.7 Å². The maximum Gasteiger partial charge on any atom is 0.243 e. The Balaban J connectivity index is 1.81. The molecule has 0 bridgehead atoms. The summed E-state index contributed by atoms with van der Waals surface area (Å²) in [6, 6.07) is 4.55. The van der Waals surface area contributed by atoms with Gasteiger partial charge in [0, 0.05) is 45.6 Å². The molecule has 2 rings (SSSR count). The maximum absolute atomic E-state index is 9.17. The Labute approximate surface area is 137 Å². The highest BCUT2D eigenvalue weighted by Gasteiger charge is 2.26. The van der Waals surface area contributed by atoms with Crippen LogP contribution in [0, 0.1) is 28.6 Å². The lowest BCUT2D eigenvalue weighted by Gasteiger charge is -2.37. The first kappa shape index (κ1) is 17.4. The van der Waals surface area contributed by atoms with Gasteiger partial charge >= 0.3 is 0 Å². The Kier molecular flexibility index (Phi) is 6.52. The van der Waals surface area contributed by atoms with Gasteiger partial charge < -0.3 is 4.52 Å². The van der Waals surface area contributed by atoms with Crippen molar-refractivity contribution in [2.75, 3.05) is 32.7 Å². The fourth-order valence-electron chi connectivity index (χ4n) is 2.82. The molecule has 0 aliphatic carbocycles. The Morgan fingerprint density at radius 1 is 1.26 bits per heavy atom. The van der Waals surface area contributed by atoms with Gasteiger partial charge in [-0.3, -0.25) is 9.80 Å². The molecule has 23 heavy (non-hydrogen) atoms. The lowest BCUT2D eigenvalue weighted by molar-refractivity contribution is 0.0828. The molecular weight excluding hydrogens is 292 g/mol. The molecule has 0 N–H and O–H groups in total. The van der Waals surface area contributed by atoms with E-state index in [0.29, 0.717) is 18.7 Å². The number of hydrogen-bond donors (Lipinski definition) is 0. The first-order chi connectivity index (χ1) is 11.2. The van der Waals surface area contributed by atoms with Crippen molar-refractivity contribution in [3.63, 3.8) is 0 Å². The number of nitrogens with zero attached hydrogens (tertiary/aromatic N) is 6. The van der Waals surface area contributed by atoms with Gasteiger partial charge in [-0.15, -0.1) is 0 Å². The summed E-state index contributed by atoms with van der Waals surface area (Å²) in [4.78, 5) is 9.05. The molecule has 1 aromatic rings. The molecule has 0 radical (unpaired) electrons. The molecule has 1 aliphatic rings. The van der Waals surface area contributed by atoms with Crippen LogP contribution in [0.3, 0.4) is 0 Å². The number of aromatic nitrogens is 2. The summed E-state index contributed by atoms with van der Waals surface area (Å²) in [6.07, 6.45) is 1.89. The van der Waals surface area contributed by atoms with Crippen molar-refractivity contribution in [1.29, 1.82) is 10.5 Å². The van der Waals surface area contributed by atoms with E-state index in [9.17, 15) is 5.26 Å². The lowest BCUT2D eigenvalue weighted by atomic mass is 10.0. The van der Waals surface area contributed by atoms with E-state index in [1.54, 1.807) is 0 Å². The molecule has 1 fully saturated rings. The fourth-order valence-corrected chi connectivity index (χ4v) is 2.82. The van der Waals surface area contributed by atoms with Crippen molar-refractivity contribution in [3.8, 4) is 12.1 Å². The summed E-state index contributed by atoms with van der Waals surface area (Å²) in [5, 5.41) is 21.8. The van der Waals surface area contributed by atoms with E-state index < -0.39 is 0 Å². The van der Waals surface area contributed by atoms with E-state index in [1.807, 2.05) is 6.92 Å². The molecule has 1 saturated heterocycles. The zero-order valence-electron chi connectivity index (χ0n) is 13.9. The molecule has 1 aliphatic heterocycles. The molecule has 124 valence electrons. The minimum atomic E-state index is -0.0540. The summed E-state index contributed by atoms with van der Waals surface area (Å²) in [5.41, 5.74) is 0. The van der Waals surface area contributed by atoms with Gasteiger partial charge in [-0.2, -0.15) is 15.5 Å². The Hall–Kier alpha value is -1.96. The number of rotatable bonds is 7. The van der Waals surface area contributed by atoms with Crippen LogP contribution >= 0.6 is 0 Å². The highest BCUT2D eigenvalue weighted by atomic mass is 16.5. The second kappa shape index (κ2) is 8.61. The third-order valence-electron chi connectivity index (χ3n) is 4.38. The summed E-state index contributed by atoms with van der Waals surface area (Å²) in [6.45, 7) is 8.53. The van der Waals surface area contributed by atoms with Gasteiger partial charge in [-0.05, 0) is 13.3 Å². The molecule has 0 spiro atoms. The van der Waals surface area contributed by atoms with Crippen molar-refractivity contribution < 1.29 is 4.52 Å². The fraction of sp³-hybridized carbons (Fsp3) is 0.750. The second-order valence-electron chi connectivity index (χ2n) is 5.94. The monoisotopic (exact) mass is 316 g/mol. The largest absolute Gasteiger partial charge is 0.338 e. The van der Waals surface area contributed by atoms with Crippen molar-refractivity contribution in [1.82, 2.24) is 19.9 Å². The molecule has 7 nitrogen and oxygen atoms in total. The number of hydrogen-bond acceptors (Lipinski definition) is 7. The van der Waals surface area contributed by atoms with Gasteiger partial charge in [-0.1, -0.05) is 12.1 Å². The van der Waals surface area contributed by atoms with Gasteiger partial charge in [0.15, 0.2) is 5.82 Å². The zero-order valence-corrected chi connectivity index (χ0v) is 13.9. The van der Waals surface area contributed by atoms with Gasteiger partial charge in [-0.25, -0.2) is 0 Å². The number of nitriles is 2. The molecule has 0 saturated carbocycles. The first-order valence-corrected chi connectivity index (χ1v) is 8.23. The van der Waals surface area contributed by atoms with Gasteiger partial charge in [0.25, 0.3) is 0 Å². The Morgan fingerprint density at radius 3 is 2.57 bits per heavy atom. The molecule has 0 amide bonds. The van der Waals surface area contributed by atoms with Crippen molar-refractivity contribution in [3.05, 3.63) is 11.7 Å². The van der Waals surface area contributed by atoms with Crippen LogP contribution < -0.4 is 0 Å². The third kappa shape index (κ3) is 4.75. The number of piperazine rings is 1. The van der Waals surface area contributed by atoms with Crippen LogP contribution in [-0.2, 0) is 6.42 Å². The van der Waals surface area contributed by atoms with Gasteiger partial charge in [0.2, 0.25) is 5.89 Å². The lowest BCUT2D eigenvalue weighted by Crippen LogP contribution is -2.48. The van der Waals surface area contributed by atoms with Crippen molar-refractivity contribution in [2.45, 2.75) is 39.2 Å². The topological polar surface area (TPSA) is 93.0 Å². The van der Waals surface area contributed by atoms with Gasteiger partial charge in [0.05, 0.1) is 24.1 Å². The predicted molar refractivity (Wildman–Crippen MR) is 84.1 cm³/mol. The molecule has 7 heteroatoms. The minimum Gasteiger partial charge on any atom is -0.338 e. The van der Waals surface area contributed by atoms with E-state index in [1.165, 1.54) is 0 Å². The highest BCUT2D eigenvalue weighted by Crippen LogP contribution is 2.21. The van der Waals surface area contributed by atoms with Crippen LogP contribution in [0.1, 0.15) is 44.4 Å². The van der Waals surface area contributed by atoms with Crippen LogP contribution in [0.15, 0.2) is 4.52 Å². The van der Waals surface area contributed by atoms with Crippen LogP contribution in [0.5, 0.6) is 0 Å². The Morgan fingerprint density at radius 2 is 2.00 bits per heavy atom. The van der Waals surface area contributed by atoms with E-state index in [2.05, 4.69) is 39.0 Å². The summed E-state index contributed by atoms with van der Waals surface area (Å²) < 4.78 is 5.33. The second-order valence-corrected chi connectivity index (χ2v) is 5.94. The molecule has 2 atom stereocenters. The average Bonchev–Trinajstić information content (AvgIpc) is 3.07. The van der Waals surface area contributed by atoms with Crippen molar-refractivity contribution in [2.24, 2.45) is 5.92 Å². The molecular formula is C16H24N6O. The van der Waals surface area contributed by atoms with E-state index in [4.69, 9.17) is 9.78 Å². The normalized spacial score (nSPS) is 19.0. The molecule has 2 heterocycles. The van der Waals surface area contributed by atoms with E-state index in [0.717, 1.165) is 45.0 Å². The molecule has 1 aromatic heterocycles. The minimum absolute atomic E-state index is 0.0540. The summed E-state index contributed by atoms with van der Waals surface area (Å²) in [5.74, 6) is 1.38. The third-order valence-corrected chi connectivity index (χ3v) is 4.38. The summed E-state index contributed by atoms with van der Waals surface area (Å²) in [7, 11) is 0. The Bertz CT molecular complexity index is 564.